The summed E-state index contributed by atoms with van der Waals surface area (Å²) in [6.07, 6.45) is 4.81. The number of pyridine rings is 3. The van der Waals surface area contributed by atoms with Gasteiger partial charge in [-0.1, -0.05) is 91.0 Å². The van der Waals surface area contributed by atoms with Crippen molar-refractivity contribution in [3.05, 3.63) is 235 Å². The molecule has 0 amide bonds. The van der Waals surface area contributed by atoms with E-state index in [1.165, 1.54) is 0 Å². The Bertz CT molecular complexity index is 3210. The van der Waals surface area contributed by atoms with Crippen molar-refractivity contribution >= 4 is 0 Å². The number of hydrogen-bond donors (Lipinski definition) is 0. The maximum atomic E-state index is 8.75. The fourth-order valence-corrected chi connectivity index (χ4v) is 8.11. The van der Waals surface area contributed by atoms with E-state index in [1.807, 2.05) is 146 Å². The van der Waals surface area contributed by atoms with E-state index in [9.17, 15) is 0 Å². The zero-order chi connectivity index (χ0) is 50.2. The van der Waals surface area contributed by atoms with Crippen LogP contribution in [-0.2, 0) is 20.1 Å². The first-order valence-corrected chi connectivity index (χ1v) is 20.5. The molecule has 0 saturated heterocycles. The van der Waals surface area contributed by atoms with Gasteiger partial charge in [-0.15, -0.1) is 108 Å². The third-order valence-electron chi connectivity index (χ3n) is 11.2. The van der Waals surface area contributed by atoms with Gasteiger partial charge in [0.05, 0.1) is 0 Å². The van der Waals surface area contributed by atoms with Crippen LogP contribution in [0.3, 0.4) is 0 Å². The Morgan fingerprint density at radius 3 is 0.875 bits per heavy atom. The number of rotatable bonds is 9. The van der Waals surface area contributed by atoms with Crippen molar-refractivity contribution in [2.45, 2.75) is 20.6 Å². The van der Waals surface area contributed by atoms with Crippen molar-refractivity contribution in [2.24, 2.45) is 0 Å². The second kappa shape index (κ2) is 18.5. The molecule has 0 aliphatic heterocycles. The van der Waals surface area contributed by atoms with Gasteiger partial charge in [0.1, 0.15) is 0 Å². The van der Waals surface area contributed by atoms with Crippen LogP contribution in [0.15, 0.2) is 201 Å². The Labute approximate surface area is 402 Å². The number of aryl methyl sites for hydroxylation is 3. The molecule has 0 radical (unpaired) electrons. The van der Waals surface area contributed by atoms with Crippen LogP contribution in [0.2, 0.25) is 0 Å². The van der Waals surface area contributed by atoms with Crippen LogP contribution < -0.4 is 0 Å². The first-order chi connectivity index (χ1) is 34.6. The van der Waals surface area contributed by atoms with E-state index < -0.39 is 20.6 Å². The third-order valence-corrected chi connectivity index (χ3v) is 11.2. The van der Waals surface area contributed by atoms with Gasteiger partial charge in [-0.2, -0.15) is 0 Å². The van der Waals surface area contributed by atoms with Gasteiger partial charge >= 0.3 is 20.1 Å². The fourth-order valence-electron chi connectivity index (χ4n) is 8.11. The molecule has 0 aliphatic carbocycles. The average Bonchev–Trinajstić information content (AvgIpc) is 3.40. The minimum absolute atomic E-state index is 0. The minimum atomic E-state index is -2.52. The first-order valence-electron chi connectivity index (χ1n) is 25.0. The van der Waals surface area contributed by atoms with E-state index in [0.717, 1.165) is 0 Å². The van der Waals surface area contributed by atoms with Crippen LogP contribution in [0.1, 0.15) is 29.0 Å². The fraction of sp³-hybridized carbons (Fsp3) is 0.0500. The first kappa shape index (κ1) is 32.3. The van der Waals surface area contributed by atoms with Crippen molar-refractivity contribution in [3.63, 3.8) is 0 Å². The Morgan fingerprint density at radius 1 is 0.328 bits per heavy atom. The molecule has 10 rings (SSSR count). The minimum Gasteiger partial charge on any atom is -0.304 e. The Balaban J connectivity index is 0.00000656. The molecular weight excluding hydrogens is 955 g/mol. The standard InChI is InChI=1S/C60H42N3.Ir/c1-40-31-58(43-19-7-4-8-20-43)61-37-55(40)52-28-16-13-25-49(52)46-34-47(50-26-14-17-29-53(50)56-38-62-59(32-41(56)2)44-21-9-5-10-22-44)36-48(35-46)51-27-15-18-30-54(51)57-39-63-60(33-42(57)3)45-23-11-6-12-24-45;/h4-19,21,23,25-39H,1-3H3;/q-3;+3/i1D3,2D3,3D3;. The molecule has 0 unspecified atom stereocenters. The predicted octanol–water partition coefficient (Wildman–Crippen LogP) is 15.2. The van der Waals surface area contributed by atoms with Crippen molar-refractivity contribution in [1.82, 2.24) is 15.0 Å². The molecule has 0 fully saturated rings. The maximum Gasteiger partial charge on any atom is 3.00 e. The smallest absolute Gasteiger partial charge is 0.304 e. The van der Waals surface area contributed by atoms with Crippen LogP contribution >= 0.6 is 0 Å². The van der Waals surface area contributed by atoms with Crippen LogP contribution in [0.5, 0.6) is 0 Å². The molecule has 0 aliphatic rings. The monoisotopic (exact) mass is 1010 g/mol. The summed E-state index contributed by atoms with van der Waals surface area (Å²) in [5.41, 5.74) is 11.1. The van der Waals surface area contributed by atoms with Crippen LogP contribution in [-0.4, -0.2) is 15.0 Å². The molecule has 3 heterocycles. The summed E-state index contributed by atoms with van der Waals surface area (Å²) < 4.78 is 78.7. The molecule has 0 N–H and O–H groups in total. The Morgan fingerprint density at radius 2 is 0.609 bits per heavy atom. The second-order valence-electron chi connectivity index (χ2n) is 15.1. The average molecular weight is 1010 g/mol. The summed E-state index contributed by atoms with van der Waals surface area (Å²) in [5, 5.41) is 0. The van der Waals surface area contributed by atoms with Crippen LogP contribution in [0.25, 0.3) is 101 Å². The number of benzene rings is 7. The van der Waals surface area contributed by atoms with Crippen molar-refractivity contribution < 1.29 is 32.4 Å². The second-order valence-corrected chi connectivity index (χ2v) is 15.1. The van der Waals surface area contributed by atoms with Gasteiger partial charge in [-0.05, 0) is 123 Å². The van der Waals surface area contributed by atoms with E-state index in [4.69, 9.17) is 27.3 Å². The molecule has 0 bridgehead atoms. The van der Waals surface area contributed by atoms with Crippen molar-refractivity contribution in [1.29, 1.82) is 0 Å². The van der Waals surface area contributed by atoms with E-state index in [1.54, 1.807) is 55.0 Å². The zero-order valence-electron chi connectivity index (χ0n) is 43.2. The number of nitrogens with zero attached hydrogens (tertiary/aromatic N) is 3. The van der Waals surface area contributed by atoms with Gasteiger partial charge in [-0.3, -0.25) is 0 Å². The summed E-state index contributed by atoms with van der Waals surface area (Å²) in [4.78, 5) is 14.3. The van der Waals surface area contributed by atoms with Gasteiger partial charge in [0.25, 0.3) is 0 Å². The Hall–Kier alpha value is -7.36. The van der Waals surface area contributed by atoms with Gasteiger partial charge in [0, 0.05) is 47.6 Å². The van der Waals surface area contributed by atoms with Gasteiger partial charge in [-0.25, -0.2) is 0 Å². The van der Waals surface area contributed by atoms with Gasteiger partial charge < -0.3 is 15.0 Å². The third kappa shape index (κ3) is 8.42. The van der Waals surface area contributed by atoms with E-state index >= 15 is 0 Å². The summed E-state index contributed by atoms with van der Waals surface area (Å²) in [7, 11) is 0. The Kier molecular flexibility index (Phi) is 9.37. The number of aromatic nitrogens is 3. The van der Waals surface area contributed by atoms with E-state index in [2.05, 4.69) is 18.2 Å². The van der Waals surface area contributed by atoms with Gasteiger partial charge in [0.15, 0.2) is 0 Å². The van der Waals surface area contributed by atoms with Crippen molar-refractivity contribution in [3.8, 4) is 101 Å². The molecule has 3 nitrogen and oxygen atoms in total. The summed E-state index contributed by atoms with van der Waals surface area (Å²) >= 11 is 0. The summed E-state index contributed by atoms with van der Waals surface area (Å²) in [6, 6.07) is 64.9. The van der Waals surface area contributed by atoms with E-state index in [0.29, 0.717) is 101 Å². The quantitative estimate of drug-likeness (QED) is 0.135. The molecular formula is C60H42IrN3. The molecule has 4 heteroatoms. The van der Waals surface area contributed by atoms with Gasteiger partial charge in [0.2, 0.25) is 0 Å². The predicted molar refractivity (Wildman–Crippen MR) is 259 cm³/mol. The van der Waals surface area contributed by atoms with E-state index in [-0.39, 0.29) is 36.8 Å². The van der Waals surface area contributed by atoms with Crippen LogP contribution in [0, 0.1) is 38.8 Å². The molecule has 7 aromatic carbocycles. The summed E-state index contributed by atoms with van der Waals surface area (Å²) in [6.45, 7) is -7.57. The summed E-state index contributed by atoms with van der Waals surface area (Å²) in [5.74, 6) is 0. The molecule has 306 valence electrons. The molecule has 3 aromatic heterocycles. The largest absolute Gasteiger partial charge is 3.00 e. The van der Waals surface area contributed by atoms with Crippen LogP contribution in [0.4, 0.5) is 0 Å². The topological polar surface area (TPSA) is 38.7 Å². The van der Waals surface area contributed by atoms with Crippen molar-refractivity contribution in [2.75, 3.05) is 0 Å². The normalized spacial score (nSPS) is 13.6. The molecule has 0 saturated carbocycles. The molecule has 64 heavy (non-hydrogen) atoms. The molecule has 0 spiro atoms. The number of hydrogen-bond acceptors (Lipinski definition) is 3. The maximum absolute atomic E-state index is 8.75. The molecule has 0 atom stereocenters. The SMILES string of the molecule is [2H]C([2H])([2H])c1cc(-c2[c-]cccc2)ncc1-c1ccccc1-c1cc(-c2ccccc2-c2cnc(-c3[c-]cccc3)cc2C([2H])([2H])[2H])cc(-c2ccccc2-c2cnc(-c3[c-]cccc3)cc2C([2H])([2H])[2H])c1.[Ir+3]. The molecule has 10 aromatic rings. The zero-order valence-corrected chi connectivity index (χ0v) is 36.6.